The van der Waals surface area contributed by atoms with Gasteiger partial charge in [-0.3, -0.25) is 0 Å². The lowest BCUT2D eigenvalue weighted by Crippen LogP contribution is -2.00. The van der Waals surface area contributed by atoms with Crippen molar-refractivity contribution in [3.8, 4) is 12.3 Å². The summed E-state index contributed by atoms with van der Waals surface area (Å²) in [5.41, 5.74) is 1.27. The highest BCUT2D eigenvalue weighted by Crippen LogP contribution is 2.22. The molecule has 0 fully saturated rings. The lowest BCUT2D eigenvalue weighted by molar-refractivity contribution is 0.164. The third kappa shape index (κ3) is 2.58. The van der Waals surface area contributed by atoms with Crippen LogP contribution in [0.3, 0.4) is 0 Å². The molecule has 1 unspecified atom stereocenters. The Labute approximate surface area is 83.6 Å². The fraction of sp³-hybridized carbons (Fsp3) is 0.333. The van der Waals surface area contributed by atoms with E-state index < -0.39 is 6.10 Å². The molecule has 0 aliphatic rings. The van der Waals surface area contributed by atoms with Crippen molar-refractivity contribution in [1.82, 2.24) is 0 Å². The van der Waals surface area contributed by atoms with Gasteiger partial charge in [0.2, 0.25) is 0 Å². The van der Waals surface area contributed by atoms with Crippen LogP contribution in [0.25, 0.3) is 0 Å². The van der Waals surface area contributed by atoms with Crippen LogP contribution in [0.15, 0.2) is 18.2 Å². The summed E-state index contributed by atoms with van der Waals surface area (Å²) >= 11 is 0. The Bertz CT molecular complexity index is 352. The number of terminal acetylenes is 1. The highest BCUT2D eigenvalue weighted by molar-refractivity contribution is 5.25. The second-order valence-corrected chi connectivity index (χ2v) is 3.28. The van der Waals surface area contributed by atoms with E-state index in [1.165, 1.54) is 6.07 Å². The minimum absolute atomic E-state index is 0.334. The zero-order valence-corrected chi connectivity index (χ0v) is 8.13. The molecule has 1 aromatic carbocycles. The van der Waals surface area contributed by atoms with Gasteiger partial charge in [-0.25, -0.2) is 4.39 Å². The van der Waals surface area contributed by atoms with Crippen LogP contribution in [0.2, 0.25) is 0 Å². The van der Waals surface area contributed by atoms with E-state index in [0.29, 0.717) is 18.4 Å². The summed E-state index contributed by atoms with van der Waals surface area (Å²) in [5, 5.41) is 9.62. The highest BCUT2D eigenvalue weighted by Gasteiger charge is 2.11. The molecular formula is C12H13FO. The van der Waals surface area contributed by atoms with Crippen LogP contribution in [0.5, 0.6) is 0 Å². The first-order chi connectivity index (χ1) is 6.65. The third-order valence-corrected chi connectivity index (χ3v) is 2.07. The van der Waals surface area contributed by atoms with Gasteiger partial charge in [-0.1, -0.05) is 17.7 Å². The summed E-state index contributed by atoms with van der Waals surface area (Å²) in [6.07, 6.45) is 5.12. The molecule has 1 rings (SSSR count). The first kappa shape index (κ1) is 10.7. The van der Waals surface area contributed by atoms with Gasteiger partial charge in [0.15, 0.2) is 0 Å². The molecule has 0 amide bonds. The molecular weight excluding hydrogens is 179 g/mol. The van der Waals surface area contributed by atoms with Crippen LogP contribution in [0, 0.1) is 25.1 Å². The van der Waals surface area contributed by atoms with E-state index in [1.807, 2.05) is 6.92 Å². The maximum absolute atomic E-state index is 13.2. The normalized spacial score (nSPS) is 12.1. The monoisotopic (exact) mass is 192 g/mol. The first-order valence-corrected chi connectivity index (χ1v) is 4.52. The average molecular weight is 192 g/mol. The Kier molecular flexibility index (Phi) is 3.67. The van der Waals surface area contributed by atoms with Gasteiger partial charge in [-0.2, -0.15) is 0 Å². The van der Waals surface area contributed by atoms with Gasteiger partial charge in [-0.05, 0) is 19.4 Å². The van der Waals surface area contributed by atoms with Crippen LogP contribution < -0.4 is 0 Å². The third-order valence-electron chi connectivity index (χ3n) is 2.07. The average Bonchev–Trinajstić information content (AvgIpc) is 2.18. The summed E-state index contributed by atoms with van der Waals surface area (Å²) < 4.78 is 13.2. The minimum atomic E-state index is -0.800. The van der Waals surface area contributed by atoms with E-state index in [1.54, 1.807) is 12.1 Å². The fourth-order valence-electron chi connectivity index (χ4n) is 1.29. The number of rotatable bonds is 3. The number of aryl methyl sites for hydroxylation is 1. The van der Waals surface area contributed by atoms with Crippen molar-refractivity contribution in [2.75, 3.05) is 0 Å². The molecule has 0 saturated heterocycles. The number of hydrogen-bond donors (Lipinski definition) is 1. The topological polar surface area (TPSA) is 20.2 Å². The largest absolute Gasteiger partial charge is 0.388 e. The molecule has 14 heavy (non-hydrogen) atoms. The number of halogens is 1. The van der Waals surface area contributed by atoms with Gasteiger partial charge in [0.05, 0.1) is 6.10 Å². The van der Waals surface area contributed by atoms with E-state index in [0.717, 1.165) is 5.56 Å². The minimum Gasteiger partial charge on any atom is -0.388 e. The summed E-state index contributed by atoms with van der Waals surface area (Å²) in [6, 6.07) is 4.69. The molecule has 2 heteroatoms. The van der Waals surface area contributed by atoms with Crippen molar-refractivity contribution < 1.29 is 9.50 Å². The Morgan fingerprint density at radius 1 is 1.57 bits per heavy atom. The van der Waals surface area contributed by atoms with Gasteiger partial charge in [-0.15, -0.1) is 12.3 Å². The van der Waals surface area contributed by atoms with Gasteiger partial charge in [0, 0.05) is 12.0 Å². The molecule has 0 spiro atoms. The Balaban J connectivity index is 2.83. The van der Waals surface area contributed by atoms with Crippen molar-refractivity contribution in [3.05, 3.63) is 35.1 Å². The van der Waals surface area contributed by atoms with E-state index in [9.17, 15) is 9.50 Å². The summed E-state index contributed by atoms with van der Waals surface area (Å²) in [6.45, 7) is 1.86. The van der Waals surface area contributed by atoms with Gasteiger partial charge < -0.3 is 5.11 Å². The van der Waals surface area contributed by atoms with Crippen molar-refractivity contribution in [1.29, 1.82) is 0 Å². The standard InChI is InChI=1S/C12H13FO/c1-3-4-5-12(14)10-8-9(2)6-7-11(10)13/h1,6-8,12,14H,4-5H2,2H3. The summed E-state index contributed by atoms with van der Waals surface area (Å²) in [4.78, 5) is 0. The lowest BCUT2D eigenvalue weighted by Gasteiger charge is -2.10. The Morgan fingerprint density at radius 2 is 2.29 bits per heavy atom. The smallest absolute Gasteiger partial charge is 0.129 e. The van der Waals surface area contributed by atoms with Crippen molar-refractivity contribution in [2.24, 2.45) is 0 Å². The predicted octanol–water partition coefficient (Wildman–Crippen LogP) is 2.58. The molecule has 0 radical (unpaired) electrons. The van der Waals surface area contributed by atoms with Crippen LogP contribution >= 0.6 is 0 Å². The number of hydrogen-bond acceptors (Lipinski definition) is 1. The molecule has 1 atom stereocenters. The van der Waals surface area contributed by atoms with Crippen molar-refractivity contribution in [2.45, 2.75) is 25.9 Å². The van der Waals surface area contributed by atoms with E-state index >= 15 is 0 Å². The van der Waals surface area contributed by atoms with E-state index in [2.05, 4.69) is 5.92 Å². The molecule has 0 aliphatic carbocycles. The van der Waals surface area contributed by atoms with Crippen LogP contribution in [0.4, 0.5) is 4.39 Å². The zero-order valence-electron chi connectivity index (χ0n) is 8.13. The maximum atomic E-state index is 13.2. The van der Waals surface area contributed by atoms with E-state index in [-0.39, 0.29) is 5.82 Å². The fourth-order valence-corrected chi connectivity index (χ4v) is 1.29. The maximum Gasteiger partial charge on any atom is 0.129 e. The highest BCUT2D eigenvalue weighted by atomic mass is 19.1. The molecule has 0 bridgehead atoms. The molecule has 1 N–H and O–H groups in total. The molecule has 0 aromatic heterocycles. The Hall–Kier alpha value is -1.33. The molecule has 1 aromatic rings. The quantitative estimate of drug-likeness (QED) is 0.730. The number of benzene rings is 1. The number of aliphatic hydroxyl groups is 1. The SMILES string of the molecule is C#CCCC(O)c1cc(C)ccc1F. The van der Waals surface area contributed by atoms with Gasteiger partial charge >= 0.3 is 0 Å². The lowest BCUT2D eigenvalue weighted by atomic mass is 10.0. The summed E-state index contributed by atoms with van der Waals surface area (Å²) in [7, 11) is 0. The van der Waals surface area contributed by atoms with E-state index in [4.69, 9.17) is 6.42 Å². The van der Waals surface area contributed by atoms with Crippen LogP contribution in [-0.4, -0.2) is 5.11 Å². The molecule has 0 heterocycles. The van der Waals surface area contributed by atoms with Gasteiger partial charge in [0.1, 0.15) is 5.82 Å². The Morgan fingerprint density at radius 3 is 2.93 bits per heavy atom. The van der Waals surface area contributed by atoms with Gasteiger partial charge in [0.25, 0.3) is 0 Å². The van der Waals surface area contributed by atoms with Crippen molar-refractivity contribution >= 4 is 0 Å². The second kappa shape index (κ2) is 4.78. The molecule has 1 nitrogen and oxygen atoms in total. The zero-order chi connectivity index (χ0) is 10.6. The summed E-state index contributed by atoms with van der Waals surface area (Å²) in [5.74, 6) is 2.05. The molecule has 0 aliphatic heterocycles. The van der Waals surface area contributed by atoms with Crippen LogP contribution in [0.1, 0.15) is 30.1 Å². The predicted molar refractivity (Wildman–Crippen MR) is 54.2 cm³/mol. The second-order valence-electron chi connectivity index (χ2n) is 3.28. The number of aliphatic hydroxyl groups excluding tert-OH is 1. The molecule has 74 valence electrons. The van der Waals surface area contributed by atoms with Crippen LogP contribution in [-0.2, 0) is 0 Å². The first-order valence-electron chi connectivity index (χ1n) is 4.52. The van der Waals surface area contributed by atoms with Crippen molar-refractivity contribution in [3.63, 3.8) is 0 Å². The molecule has 0 saturated carbocycles.